The molecule has 0 fully saturated rings. The van der Waals surface area contributed by atoms with E-state index in [9.17, 15) is 14.7 Å². The monoisotopic (exact) mass is 278 g/mol. The van der Waals surface area contributed by atoms with Crippen molar-refractivity contribution in [1.82, 2.24) is 5.32 Å². The van der Waals surface area contributed by atoms with Crippen LogP contribution in [0.3, 0.4) is 0 Å². The van der Waals surface area contributed by atoms with Gasteiger partial charge in [-0.1, -0.05) is 50.1 Å². The Kier molecular flexibility index (Phi) is 6.73. The average molecular weight is 278 g/mol. The van der Waals surface area contributed by atoms with Gasteiger partial charge in [-0.05, 0) is 12.0 Å². The topological polar surface area (TPSA) is 92.4 Å². The van der Waals surface area contributed by atoms with Crippen molar-refractivity contribution in [1.29, 1.82) is 0 Å². The van der Waals surface area contributed by atoms with E-state index in [1.165, 1.54) is 0 Å². The lowest BCUT2D eigenvalue weighted by Crippen LogP contribution is -2.49. The molecular weight excluding hydrogens is 256 g/mol. The van der Waals surface area contributed by atoms with E-state index in [4.69, 9.17) is 5.73 Å². The number of carbonyl (C=O) groups excluding carboxylic acids is 1. The largest absolute Gasteiger partial charge is 0.480 e. The molecule has 5 nitrogen and oxygen atoms in total. The molecule has 0 heterocycles. The lowest BCUT2D eigenvalue weighted by Gasteiger charge is -2.17. The molecule has 1 aromatic rings. The van der Waals surface area contributed by atoms with Crippen molar-refractivity contribution in [2.24, 2.45) is 5.73 Å². The van der Waals surface area contributed by atoms with Crippen molar-refractivity contribution >= 4 is 11.9 Å². The predicted octanol–water partition coefficient (Wildman–Crippen LogP) is 1.32. The summed E-state index contributed by atoms with van der Waals surface area (Å²) in [6, 6.07) is 7.60. The first kappa shape index (κ1) is 16.2. The second-order valence-electron chi connectivity index (χ2n) is 4.84. The number of carbonyl (C=O) groups is 2. The van der Waals surface area contributed by atoms with Gasteiger partial charge in [-0.2, -0.15) is 0 Å². The number of nitrogens with two attached hydrogens (primary N) is 1. The first-order valence-electron chi connectivity index (χ1n) is 6.87. The summed E-state index contributed by atoms with van der Waals surface area (Å²) >= 11 is 0. The Morgan fingerprint density at radius 2 is 1.95 bits per heavy atom. The van der Waals surface area contributed by atoms with Crippen LogP contribution in [0.5, 0.6) is 0 Å². The van der Waals surface area contributed by atoms with E-state index >= 15 is 0 Å². The van der Waals surface area contributed by atoms with Crippen LogP contribution >= 0.6 is 0 Å². The first-order chi connectivity index (χ1) is 9.54. The van der Waals surface area contributed by atoms with E-state index in [-0.39, 0.29) is 6.42 Å². The van der Waals surface area contributed by atoms with Gasteiger partial charge in [0, 0.05) is 6.42 Å². The van der Waals surface area contributed by atoms with Gasteiger partial charge in [-0.3, -0.25) is 4.79 Å². The number of benzene rings is 1. The van der Waals surface area contributed by atoms with Crippen molar-refractivity contribution < 1.29 is 14.7 Å². The summed E-state index contributed by atoms with van der Waals surface area (Å²) < 4.78 is 0. The van der Waals surface area contributed by atoms with Gasteiger partial charge in [0.1, 0.15) is 6.04 Å². The molecule has 0 radical (unpaired) electrons. The SMILES string of the molecule is CCCC[C@H](N)C(=O)N[C@@H](Cc1ccccc1)C(=O)O. The van der Waals surface area contributed by atoms with Gasteiger partial charge in [0.25, 0.3) is 0 Å². The minimum absolute atomic E-state index is 0.252. The van der Waals surface area contributed by atoms with Crippen molar-refractivity contribution in [3.05, 3.63) is 35.9 Å². The van der Waals surface area contributed by atoms with Crippen LogP contribution in [0.1, 0.15) is 31.7 Å². The van der Waals surface area contributed by atoms with Crippen LogP contribution in [0.4, 0.5) is 0 Å². The molecule has 0 saturated heterocycles. The number of carboxylic acid groups (broad SMARTS) is 1. The highest BCUT2D eigenvalue weighted by molar-refractivity contribution is 5.86. The van der Waals surface area contributed by atoms with E-state index in [0.29, 0.717) is 6.42 Å². The molecule has 0 saturated carbocycles. The van der Waals surface area contributed by atoms with Crippen LogP contribution in [0.2, 0.25) is 0 Å². The van der Waals surface area contributed by atoms with Crippen LogP contribution in [0.25, 0.3) is 0 Å². The molecular formula is C15H22N2O3. The number of rotatable bonds is 8. The van der Waals surface area contributed by atoms with Crippen LogP contribution < -0.4 is 11.1 Å². The van der Waals surface area contributed by atoms with Crippen molar-refractivity contribution in [2.75, 3.05) is 0 Å². The molecule has 0 aliphatic heterocycles. The zero-order chi connectivity index (χ0) is 15.0. The number of carboxylic acids is 1. The Labute approximate surface area is 119 Å². The third-order valence-corrected chi connectivity index (χ3v) is 3.10. The van der Waals surface area contributed by atoms with E-state index < -0.39 is 24.0 Å². The Morgan fingerprint density at radius 1 is 1.30 bits per heavy atom. The Balaban J connectivity index is 2.59. The molecule has 1 rings (SSSR count). The summed E-state index contributed by atoms with van der Waals surface area (Å²) in [4.78, 5) is 23.1. The average Bonchev–Trinajstić information content (AvgIpc) is 2.44. The molecule has 0 aliphatic rings. The normalized spacial score (nSPS) is 13.5. The van der Waals surface area contributed by atoms with Gasteiger partial charge >= 0.3 is 5.97 Å². The third-order valence-electron chi connectivity index (χ3n) is 3.10. The van der Waals surface area contributed by atoms with Crippen LogP contribution in [-0.4, -0.2) is 29.1 Å². The quantitative estimate of drug-likeness (QED) is 0.668. The van der Waals surface area contributed by atoms with Crippen LogP contribution in [0, 0.1) is 0 Å². The van der Waals surface area contributed by atoms with Crippen molar-refractivity contribution in [2.45, 2.75) is 44.7 Å². The Bertz CT molecular complexity index is 434. The molecule has 0 aliphatic carbocycles. The second kappa shape index (κ2) is 8.32. The van der Waals surface area contributed by atoms with Crippen molar-refractivity contribution in [3.8, 4) is 0 Å². The molecule has 5 heteroatoms. The lowest BCUT2D eigenvalue weighted by atomic mass is 10.0. The Hall–Kier alpha value is -1.88. The fourth-order valence-electron chi connectivity index (χ4n) is 1.88. The van der Waals surface area contributed by atoms with E-state index in [2.05, 4.69) is 5.32 Å². The Morgan fingerprint density at radius 3 is 2.50 bits per heavy atom. The number of hydrogen-bond donors (Lipinski definition) is 3. The maximum absolute atomic E-state index is 11.9. The summed E-state index contributed by atoms with van der Waals surface area (Å²) in [6.45, 7) is 2.01. The number of amides is 1. The molecule has 0 bridgehead atoms. The summed E-state index contributed by atoms with van der Waals surface area (Å²) in [5, 5.41) is 11.7. The second-order valence-corrected chi connectivity index (χ2v) is 4.84. The molecule has 1 aromatic carbocycles. The van der Waals surface area contributed by atoms with Gasteiger partial charge in [-0.15, -0.1) is 0 Å². The highest BCUT2D eigenvalue weighted by atomic mass is 16.4. The fraction of sp³-hybridized carbons (Fsp3) is 0.467. The molecule has 4 N–H and O–H groups in total. The maximum atomic E-state index is 11.9. The van der Waals surface area contributed by atoms with Gasteiger partial charge < -0.3 is 16.2 Å². The summed E-state index contributed by atoms with van der Waals surface area (Å²) in [7, 11) is 0. The van der Waals surface area contributed by atoms with Gasteiger partial charge in [-0.25, -0.2) is 4.79 Å². The minimum atomic E-state index is -1.05. The summed E-state index contributed by atoms with van der Waals surface area (Å²) in [5.41, 5.74) is 6.60. The number of unbranched alkanes of at least 4 members (excludes halogenated alkanes) is 1. The number of aliphatic carboxylic acids is 1. The molecule has 1 amide bonds. The van der Waals surface area contributed by atoms with Crippen molar-refractivity contribution in [3.63, 3.8) is 0 Å². The zero-order valence-corrected chi connectivity index (χ0v) is 11.7. The number of nitrogens with one attached hydrogen (secondary N) is 1. The minimum Gasteiger partial charge on any atom is -0.480 e. The van der Waals surface area contributed by atoms with Crippen LogP contribution in [-0.2, 0) is 16.0 Å². The first-order valence-corrected chi connectivity index (χ1v) is 6.87. The van der Waals surface area contributed by atoms with Gasteiger partial charge in [0.05, 0.1) is 6.04 Å². The van der Waals surface area contributed by atoms with E-state index in [1.54, 1.807) is 0 Å². The lowest BCUT2D eigenvalue weighted by molar-refractivity contribution is -0.142. The highest BCUT2D eigenvalue weighted by Crippen LogP contribution is 2.05. The maximum Gasteiger partial charge on any atom is 0.326 e. The van der Waals surface area contributed by atoms with Crippen LogP contribution in [0.15, 0.2) is 30.3 Å². The summed E-state index contributed by atoms with van der Waals surface area (Å²) in [6.07, 6.45) is 2.63. The zero-order valence-electron chi connectivity index (χ0n) is 11.7. The molecule has 20 heavy (non-hydrogen) atoms. The molecule has 0 spiro atoms. The predicted molar refractivity (Wildman–Crippen MR) is 77.2 cm³/mol. The molecule has 110 valence electrons. The third kappa shape index (κ3) is 5.40. The van der Waals surface area contributed by atoms with E-state index in [0.717, 1.165) is 18.4 Å². The highest BCUT2D eigenvalue weighted by Gasteiger charge is 2.23. The smallest absolute Gasteiger partial charge is 0.326 e. The molecule has 0 unspecified atom stereocenters. The number of hydrogen-bond acceptors (Lipinski definition) is 3. The van der Waals surface area contributed by atoms with Gasteiger partial charge in [0.15, 0.2) is 0 Å². The van der Waals surface area contributed by atoms with Gasteiger partial charge in [0.2, 0.25) is 5.91 Å². The molecule has 0 aromatic heterocycles. The summed E-state index contributed by atoms with van der Waals surface area (Å²) in [5.74, 6) is -1.45. The fourth-order valence-corrected chi connectivity index (χ4v) is 1.88. The standard InChI is InChI=1S/C15H22N2O3/c1-2-3-9-12(16)14(18)17-13(15(19)20)10-11-7-5-4-6-8-11/h4-8,12-13H,2-3,9-10,16H2,1H3,(H,17,18)(H,19,20)/t12-,13-/m0/s1. The molecule has 2 atom stereocenters. The van der Waals surface area contributed by atoms with E-state index in [1.807, 2.05) is 37.3 Å².